The van der Waals surface area contributed by atoms with Gasteiger partial charge >= 0.3 is 0 Å². The van der Waals surface area contributed by atoms with Gasteiger partial charge in [0.05, 0.1) is 5.76 Å². The van der Waals surface area contributed by atoms with Crippen LogP contribution >= 0.6 is 0 Å². The molecule has 0 N–H and O–H groups in total. The Labute approximate surface area is 169 Å². The van der Waals surface area contributed by atoms with Gasteiger partial charge in [0.15, 0.2) is 5.78 Å². The van der Waals surface area contributed by atoms with Crippen LogP contribution in [-0.2, 0) is 17.8 Å². The quantitative estimate of drug-likeness (QED) is 0.285. The lowest BCUT2D eigenvalue weighted by atomic mass is 10.1. The highest BCUT2D eigenvalue weighted by Crippen LogP contribution is 2.21. The fourth-order valence-electron chi connectivity index (χ4n) is 3.09. The van der Waals surface area contributed by atoms with E-state index in [0.717, 1.165) is 36.5 Å². The van der Waals surface area contributed by atoms with Crippen LogP contribution in [0, 0.1) is 0 Å². The zero-order valence-electron chi connectivity index (χ0n) is 17.4. The molecular formula is C25H31NO2. The topological polar surface area (TPSA) is 29.5 Å². The van der Waals surface area contributed by atoms with E-state index in [1.807, 2.05) is 37.3 Å². The summed E-state index contributed by atoms with van der Waals surface area (Å²) in [6, 6.07) is 16.5. The minimum absolute atomic E-state index is 0.00678. The van der Waals surface area contributed by atoms with Gasteiger partial charge in [0.1, 0.15) is 6.10 Å². The highest BCUT2D eigenvalue weighted by molar-refractivity contribution is 5.93. The second kappa shape index (κ2) is 10.6. The molecular weight excluding hydrogens is 346 g/mol. The van der Waals surface area contributed by atoms with E-state index in [-0.39, 0.29) is 11.9 Å². The van der Waals surface area contributed by atoms with Crippen LogP contribution in [0.4, 0.5) is 0 Å². The monoisotopic (exact) mass is 377 g/mol. The molecule has 0 bridgehead atoms. The first-order valence-electron chi connectivity index (χ1n) is 9.80. The zero-order chi connectivity index (χ0) is 20.5. The summed E-state index contributed by atoms with van der Waals surface area (Å²) in [5, 5.41) is 0. The van der Waals surface area contributed by atoms with Crippen molar-refractivity contribution in [2.75, 3.05) is 6.54 Å². The molecule has 2 aromatic rings. The Bertz CT molecular complexity index is 803. The Balaban J connectivity index is 1.97. The summed E-state index contributed by atoms with van der Waals surface area (Å²) in [5.41, 5.74) is 4.41. The smallest absolute Gasteiger partial charge is 0.159 e. The van der Waals surface area contributed by atoms with Crippen molar-refractivity contribution in [3.63, 3.8) is 0 Å². The lowest BCUT2D eigenvalue weighted by Gasteiger charge is -2.21. The third-order valence-electron chi connectivity index (χ3n) is 4.78. The van der Waals surface area contributed by atoms with Crippen molar-refractivity contribution in [1.82, 2.24) is 4.90 Å². The van der Waals surface area contributed by atoms with Crippen LogP contribution < -0.4 is 0 Å². The minimum atomic E-state index is 0.00678. The van der Waals surface area contributed by atoms with E-state index < -0.39 is 0 Å². The molecule has 0 aliphatic rings. The fourth-order valence-corrected chi connectivity index (χ4v) is 3.09. The largest absolute Gasteiger partial charge is 0.491 e. The Kier molecular flexibility index (Phi) is 8.21. The van der Waals surface area contributed by atoms with Crippen molar-refractivity contribution in [3.8, 4) is 0 Å². The third kappa shape index (κ3) is 6.50. The molecule has 0 saturated heterocycles. The number of ketones is 1. The summed E-state index contributed by atoms with van der Waals surface area (Å²) in [7, 11) is 0. The number of rotatable bonds is 10. The van der Waals surface area contributed by atoms with E-state index in [9.17, 15) is 4.79 Å². The number of hydrogen-bond acceptors (Lipinski definition) is 3. The van der Waals surface area contributed by atoms with Crippen LogP contribution in [-0.4, -0.2) is 17.2 Å². The number of carbonyl (C=O) groups excluding carboxylic acids is 1. The highest BCUT2D eigenvalue weighted by Gasteiger charge is 2.09. The molecule has 3 nitrogen and oxygen atoms in total. The lowest BCUT2D eigenvalue weighted by molar-refractivity contribution is 0.101. The maximum atomic E-state index is 11.4. The van der Waals surface area contributed by atoms with Gasteiger partial charge in [-0.25, -0.2) is 0 Å². The molecule has 0 amide bonds. The molecule has 1 atom stereocenters. The Morgan fingerprint density at radius 2 is 1.57 bits per heavy atom. The average Bonchev–Trinajstić information content (AvgIpc) is 2.68. The van der Waals surface area contributed by atoms with Crippen LogP contribution in [0.5, 0.6) is 0 Å². The van der Waals surface area contributed by atoms with Gasteiger partial charge in [0.25, 0.3) is 0 Å². The molecule has 0 spiro atoms. The molecule has 0 aromatic heterocycles. The van der Waals surface area contributed by atoms with Crippen molar-refractivity contribution in [1.29, 1.82) is 0 Å². The van der Waals surface area contributed by atoms with Crippen LogP contribution in [0.25, 0.3) is 0 Å². The molecule has 28 heavy (non-hydrogen) atoms. The van der Waals surface area contributed by atoms with Crippen LogP contribution in [0.15, 0.2) is 73.0 Å². The number of ether oxygens (including phenoxy) is 1. The summed E-state index contributed by atoms with van der Waals surface area (Å²) in [6.45, 7) is 14.2. The van der Waals surface area contributed by atoms with E-state index in [1.54, 1.807) is 13.0 Å². The first kappa shape index (κ1) is 21.6. The van der Waals surface area contributed by atoms with Crippen molar-refractivity contribution < 1.29 is 9.53 Å². The molecule has 3 heteroatoms. The highest BCUT2D eigenvalue weighted by atomic mass is 16.5. The van der Waals surface area contributed by atoms with E-state index in [4.69, 9.17) is 4.74 Å². The van der Waals surface area contributed by atoms with Crippen molar-refractivity contribution in [2.45, 2.75) is 46.9 Å². The van der Waals surface area contributed by atoms with Gasteiger partial charge in [-0.05, 0) is 50.1 Å². The number of nitrogens with zero attached hydrogens (tertiary/aromatic N) is 1. The van der Waals surface area contributed by atoms with E-state index in [0.29, 0.717) is 0 Å². The molecule has 0 fully saturated rings. The Morgan fingerprint density at radius 1 is 1.04 bits per heavy atom. The van der Waals surface area contributed by atoms with Crippen molar-refractivity contribution in [2.24, 2.45) is 0 Å². The van der Waals surface area contributed by atoms with E-state index in [1.165, 1.54) is 11.1 Å². The van der Waals surface area contributed by atoms with Crippen LogP contribution in [0.3, 0.4) is 0 Å². The predicted molar refractivity (Wildman–Crippen MR) is 116 cm³/mol. The summed E-state index contributed by atoms with van der Waals surface area (Å²) >= 11 is 0. The van der Waals surface area contributed by atoms with Gasteiger partial charge in [-0.3, -0.25) is 9.69 Å². The van der Waals surface area contributed by atoms with Gasteiger partial charge in [0, 0.05) is 18.7 Å². The van der Waals surface area contributed by atoms with Gasteiger partial charge in [-0.15, -0.1) is 0 Å². The zero-order valence-corrected chi connectivity index (χ0v) is 17.4. The first-order chi connectivity index (χ1) is 13.4. The predicted octanol–water partition coefficient (Wildman–Crippen LogP) is 6.08. The molecule has 0 unspecified atom stereocenters. The fraction of sp³-hybridized carbons (Fsp3) is 0.320. The Hall–Kier alpha value is -2.65. The van der Waals surface area contributed by atoms with E-state index in [2.05, 4.69) is 49.6 Å². The third-order valence-corrected chi connectivity index (χ3v) is 4.78. The summed E-state index contributed by atoms with van der Waals surface area (Å²) in [5.74, 6) is 0.965. The van der Waals surface area contributed by atoms with Crippen LogP contribution in [0.1, 0.15) is 60.8 Å². The number of benzene rings is 2. The second-order valence-electron chi connectivity index (χ2n) is 7.07. The van der Waals surface area contributed by atoms with Crippen molar-refractivity contribution in [3.05, 3.63) is 95.3 Å². The second-order valence-corrected chi connectivity index (χ2v) is 7.07. The number of hydrogen-bond donors (Lipinski definition) is 0. The molecule has 148 valence electrons. The summed E-state index contributed by atoms with van der Waals surface area (Å²) in [4.78, 5) is 13.8. The van der Waals surface area contributed by atoms with Crippen LogP contribution in [0.2, 0.25) is 0 Å². The molecule has 0 heterocycles. The number of Topliss-reactive ketones (excluding diaryl/α,β-unsaturated/α-hetero) is 1. The van der Waals surface area contributed by atoms with Gasteiger partial charge in [-0.1, -0.05) is 68.1 Å². The number of carbonyl (C=O) groups is 1. The SMILES string of the molecule is C=C/C=C(\C)O[C@H](C)c1ccc(CN(CC)Cc2ccc(C(C)=O)cc2)cc1. The van der Waals surface area contributed by atoms with Gasteiger partial charge in [-0.2, -0.15) is 0 Å². The van der Waals surface area contributed by atoms with Gasteiger partial charge in [0.2, 0.25) is 0 Å². The first-order valence-corrected chi connectivity index (χ1v) is 9.80. The molecule has 2 aromatic carbocycles. The van der Waals surface area contributed by atoms with E-state index >= 15 is 0 Å². The standard InChI is InChI=1S/C25H31NO2/c1-6-8-19(3)28-21(5)25-15-11-23(12-16-25)18-26(7-2)17-22-9-13-24(14-10-22)20(4)27/h6,8-16,21H,1,7,17-18H2,2-5H3/b19-8+/t21-/m1/s1. The minimum Gasteiger partial charge on any atom is -0.491 e. The van der Waals surface area contributed by atoms with Crippen molar-refractivity contribution >= 4 is 5.78 Å². The maximum Gasteiger partial charge on any atom is 0.159 e. The molecule has 0 radical (unpaired) electrons. The summed E-state index contributed by atoms with van der Waals surface area (Å²) < 4.78 is 5.88. The molecule has 2 rings (SSSR count). The average molecular weight is 378 g/mol. The molecule has 0 aliphatic carbocycles. The molecule has 0 aliphatic heterocycles. The molecule has 0 saturated carbocycles. The maximum absolute atomic E-state index is 11.4. The number of allylic oxidation sites excluding steroid dienone is 3. The normalized spacial score (nSPS) is 12.7. The Morgan fingerprint density at radius 3 is 2.04 bits per heavy atom. The summed E-state index contributed by atoms with van der Waals surface area (Å²) in [6.07, 6.45) is 3.61. The van der Waals surface area contributed by atoms with Gasteiger partial charge < -0.3 is 4.74 Å². The lowest BCUT2D eigenvalue weighted by Crippen LogP contribution is -2.22.